The molecule has 0 aliphatic heterocycles. The lowest BCUT2D eigenvalue weighted by Crippen LogP contribution is -2.34. The van der Waals surface area contributed by atoms with Crippen molar-refractivity contribution >= 4 is 11.3 Å². The first-order valence-electron chi connectivity index (χ1n) is 7.31. The Balaban J connectivity index is 2.42. The van der Waals surface area contributed by atoms with E-state index >= 15 is 0 Å². The highest BCUT2D eigenvalue weighted by atomic mass is 32.1. The highest BCUT2D eigenvalue weighted by Gasteiger charge is 2.10. The van der Waals surface area contributed by atoms with Crippen molar-refractivity contribution in [2.45, 2.75) is 59.7 Å². The third kappa shape index (κ3) is 7.09. The van der Waals surface area contributed by atoms with Gasteiger partial charge >= 0.3 is 0 Å². The first-order valence-corrected chi connectivity index (χ1v) is 8.13. The molecule has 19 heavy (non-hydrogen) atoms. The summed E-state index contributed by atoms with van der Waals surface area (Å²) in [5.41, 5.74) is 0.192. The van der Waals surface area contributed by atoms with Gasteiger partial charge in [0.05, 0.1) is 0 Å². The van der Waals surface area contributed by atoms with Gasteiger partial charge in [-0.05, 0) is 45.9 Å². The van der Waals surface area contributed by atoms with E-state index in [-0.39, 0.29) is 5.54 Å². The van der Waals surface area contributed by atoms with Crippen molar-refractivity contribution in [2.24, 2.45) is 5.92 Å². The minimum absolute atomic E-state index is 0.192. The molecule has 0 amide bonds. The van der Waals surface area contributed by atoms with Gasteiger partial charge in [0, 0.05) is 34.9 Å². The zero-order chi connectivity index (χ0) is 14.5. The van der Waals surface area contributed by atoms with Gasteiger partial charge in [-0.1, -0.05) is 20.3 Å². The van der Waals surface area contributed by atoms with E-state index in [0.29, 0.717) is 0 Å². The molecule has 0 aliphatic rings. The Morgan fingerprint density at radius 3 is 2.47 bits per heavy atom. The van der Waals surface area contributed by atoms with Gasteiger partial charge in [-0.2, -0.15) is 0 Å². The molecule has 0 bridgehead atoms. The van der Waals surface area contributed by atoms with E-state index in [9.17, 15) is 0 Å². The fourth-order valence-corrected chi connectivity index (χ4v) is 2.98. The van der Waals surface area contributed by atoms with Crippen molar-refractivity contribution in [3.05, 3.63) is 21.9 Å². The molecule has 3 heteroatoms. The topological polar surface area (TPSA) is 15.3 Å². The van der Waals surface area contributed by atoms with Crippen LogP contribution < -0.4 is 5.32 Å². The van der Waals surface area contributed by atoms with Gasteiger partial charge in [-0.25, -0.2) is 0 Å². The Morgan fingerprint density at radius 2 is 1.89 bits per heavy atom. The number of thiophene rings is 1. The highest BCUT2D eigenvalue weighted by Crippen LogP contribution is 2.19. The predicted octanol–water partition coefficient (Wildman–Crippen LogP) is 4.11. The molecule has 110 valence electrons. The molecule has 0 aromatic carbocycles. The van der Waals surface area contributed by atoms with Crippen LogP contribution in [0.4, 0.5) is 0 Å². The standard InChI is InChI=1S/C16H30N2S/c1-7-13(2)11-18(6)12-15-9-8-14(19-15)10-17-16(3,4)5/h8-9,13,17H,7,10-12H2,1-6H3. The minimum Gasteiger partial charge on any atom is -0.307 e. The van der Waals surface area contributed by atoms with Crippen LogP contribution in [0.5, 0.6) is 0 Å². The second kappa shape index (κ2) is 7.41. The van der Waals surface area contributed by atoms with Crippen LogP contribution in [0.15, 0.2) is 12.1 Å². The summed E-state index contributed by atoms with van der Waals surface area (Å²) in [7, 11) is 2.22. The molecule has 0 saturated heterocycles. The molecule has 0 radical (unpaired) electrons. The van der Waals surface area contributed by atoms with E-state index in [1.807, 2.05) is 11.3 Å². The summed E-state index contributed by atoms with van der Waals surface area (Å²) in [6.45, 7) is 14.4. The Labute approximate surface area is 123 Å². The number of hydrogen-bond acceptors (Lipinski definition) is 3. The molecule has 0 aliphatic carbocycles. The van der Waals surface area contributed by atoms with Gasteiger partial charge in [-0.3, -0.25) is 0 Å². The van der Waals surface area contributed by atoms with Crippen molar-refractivity contribution in [2.75, 3.05) is 13.6 Å². The van der Waals surface area contributed by atoms with E-state index in [1.165, 1.54) is 22.7 Å². The molecule has 0 fully saturated rings. The van der Waals surface area contributed by atoms with Crippen LogP contribution in [0.1, 0.15) is 50.8 Å². The first-order chi connectivity index (χ1) is 8.80. The molecule has 2 nitrogen and oxygen atoms in total. The third-order valence-corrected chi connectivity index (χ3v) is 4.33. The minimum atomic E-state index is 0.192. The van der Waals surface area contributed by atoms with Gasteiger partial charge in [0.2, 0.25) is 0 Å². The zero-order valence-corrected chi connectivity index (χ0v) is 14.2. The van der Waals surface area contributed by atoms with Crippen molar-refractivity contribution in [3.63, 3.8) is 0 Å². The third-order valence-electron chi connectivity index (χ3n) is 3.26. The van der Waals surface area contributed by atoms with Crippen LogP contribution in [0.2, 0.25) is 0 Å². The first kappa shape index (κ1) is 16.7. The Kier molecular flexibility index (Phi) is 6.51. The monoisotopic (exact) mass is 282 g/mol. The second-order valence-corrected chi connectivity index (χ2v) is 7.93. The summed E-state index contributed by atoms with van der Waals surface area (Å²) in [5, 5.41) is 3.54. The van der Waals surface area contributed by atoms with Gasteiger partial charge < -0.3 is 10.2 Å². The van der Waals surface area contributed by atoms with E-state index < -0.39 is 0 Å². The molecular formula is C16H30N2S. The van der Waals surface area contributed by atoms with Crippen LogP contribution in [0, 0.1) is 5.92 Å². The maximum atomic E-state index is 3.54. The molecule has 1 atom stereocenters. The summed E-state index contributed by atoms with van der Waals surface area (Å²) >= 11 is 1.93. The van der Waals surface area contributed by atoms with Crippen LogP contribution in [-0.2, 0) is 13.1 Å². The fraction of sp³-hybridized carbons (Fsp3) is 0.750. The second-order valence-electron chi connectivity index (χ2n) is 6.68. The van der Waals surface area contributed by atoms with Crippen LogP contribution in [-0.4, -0.2) is 24.0 Å². The van der Waals surface area contributed by atoms with Crippen molar-refractivity contribution in [3.8, 4) is 0 Å². The molecule has 1 aromatic heterocycles. The van der Waals surface area contributed by atoms with E-state index in [2.05, 4.69) is 64.0 Å². The number of nitrogens with zero attached hydrogens (tertiary/aromatic N) is 1. The Bertz CT molecular complexity index is 365. The van der Waals surface area contributed by atoms with Crippen LogP contribution >= 0.6 is 11.3 Å². The molecular weight excluding hydrogens is 252 g/mol. The number of rotatable bonds is 7. The van der Waals surface area contributed by atoms with Gasteiger partial charge in [-0.15, -0.1) is 11.3 Å². The molecule has 0 spiro atoms. The summed E-state index contributed by atoms with van der Waals surface area (Å²) in [6, 6.07) is 4.54. The molecule has 0 saturated carbocycles. The van der Waals surface area contributed by atoms with Gasteiger partial charge in [0.1, 0.15) is 0 Å². The summed E-state index contributed by atoms with van der Waals surface area (Å²) < 4.78 is 0. The summed E-state index contributed by atoms with van der Waals surface area (Å²) in [6.07, 6.45) is 1.26. The average Bonchev–Trinajstić information content (AvgIpc) is 2.73. The van der Waals surface area contributed by atoms with E-state index in [0.717, 1.165) is 19.0 Å². The fourth-order valence-electron chi connectivity index (χ4n) is 1.95. The molecule has 1 N–H and O–H groups in total. The smallest absolute Gasteiger partial charge is 0.0325 e. The average molecular weight is 282 g/mol. The summed E-state index contributed by atoms with van der Waals surface area (Å²) in [5.74, 6) is 0.784. The van der Waals surface area contributed by atoms with Crippen LogP contribution in [0.25, 0.3) is 0 Å². The molecule has 1 heterocycles. The normalized spacial score (nSPS) is 14.1. The molecule has 1 unspecified atom stereocenters. The van der Waals surface area contributed by atoms with Crippen molar-refractivity contribution < 1.29 is 0 Å². The van der Waals surface area contributed by atoms with Gasteiger partial charge in [0.25, 0.3) is 0 Å². The quantitative estimate of drug-likeness (QED) is 0.809. The molecule has 1 rings (SSSR count). The van der Waals surface area contributed by atoms with E-state index in [1.54, 1.807) is 0 Å². The van der Waals surface area contributed by atoms with Gasteiger partial charge in [0.15, 0.2) is 0 Å². The largest absolute Gasteiger partial charge is 0.307 e. The lowest BCUT2D eigenvalue weighted by Gasteiger charge is -2.20. The molecule has 1 aromatic rings. The maximum absolute atomic E-state index is 3.54. The highest BCUT2D eigenvalue weighted by molar-refractivity contribution is 7.11. The number of hydrogen-bond donors (Lipinski definition) is 1. The van der Waals surface area contributed by atoms with Crippen molar-refractivity contribution in [1.82, 2.24) is 10.2 Å². The Morgan fingerprint density at radius 1 is 1.26 bits per heavy atom. The lowest BCUT2D eigenvalue weighted by atomic mass is 10.1. The zero-order valence-electron chi connectivity index (χ0n) is 13.4. The predicted molar refractivity (Wildman–Crippen MR) is 86.7 cm³/mol. The lowest BCUT2D eigenvalue weighted by molar-refractivity contribution is 0.277. The van der Waals surface area contributed by atoms with E-state index in [4.69, 9.17) is 0 Å². The van der Waals surface area contributed by atoms with Crippen molar-refractivity contribution in [1.29, 1.82) is 0 Å². The SMILES string of the molecule is CCC(C)CN(C)Cc1ccc(CNC(C)(C)C)s1. The summed E-state index contributed by atoms with van der Waals surface area (Å²) in [4.78, 5) is 5.33. The van der Waals surface area contributed by atoms with Crippen LogP contribution in [0.3, 0.4) is 0 Å². The maximum Gasteiger partial charge on any atom is 0.0325 e. The number of nitrogens with one attached hydrogen (secondary N) is 1. The Hall–Kier alpha value is -0.380.